The first kappa shape index (κ1) is 10.7. The van der Waals surface area contributed by atoms with Gasteiger partial charge in [-0.05, 0) is 31.5 Å². The van der Waals surface area contributed by atoms with Gasteiger partial charge in [0.2, 0.25) is 0 Å². The fourth-order valence-corrected chi connectivity index (χ4v) is 1.79. The van der Waals surface area contributed by atoms with Gasteiger partial charge in [0, 0.05) is 17.4 Å². The summed E-state index contributed by atoms with van der Waals surface area (Å²) in [5.41, 5.74) is 1.37. The summed E-state index contributed by atoms with van der Waals surface area (Å²) in [6, 6.07) is 4.26. The van der Waals surface area contributed by atoms with Gasteiger partial charge in [0.25, 0.3) is 0 Å². The number of carbonyl (C=O) groups is 1. The average Bonchev–Trinajstić information content (AvgIpc) is 2.51. The molecule has 0 unspecified atom stereocenters. The Kier molecular flexibility index (Phi) is 2.64. The van der Waals surface area contributed by atoms with Gasteiger partial charge in [0.15, 0.2) is 0 Å². The van der Waals surface area contributed by atoms with Crippen LogP contribution < -0.4 is 0 Å². The first-order valence-electron chi connectivity index (χ1n) is 4.97. The third-order valence-corrected chi connectivity index (χ3v) is 2.54. The lowest BCUT2D eigenvalue weighted by molar-refractivity contribution is -0.136. The first-order chi connectivity index (χ1) is 7.58. The molecular formula is C12H11FO3. The van der Waals surface area contributed by atoms with Gasteiger partial charge in [-0.15, -0.1) is 0 Å². The van der Waals surface area contributed by atoms with Gasteiger partial charge in [-0.1, -0.05) is 0 Å². The minimum atomic E-state index is -0.870. The molecule has 1 aromatic heterocycles. The summed E-state index contributed by atoms with van der Waals surface area (Å²) in [6.07, 6.45) is 0.379. The lowest BCUT2D eigenvalue weighted by Gasteiger charge is -1.96. The van der Waals surface area contributed by atoms with Crippen LogP contribution in [0.2, 0.25) is 0 Å². The predicted octanol–water partition coefficient (Wildman–Crippen LogP) is 2.90. The van der Waals surface area contributed by atoms with Gasteiger partial charge in [-0.2, -0.15) is 0 Å². The molecular weight excluding hydrogens is 211 g/mol. The van der Waals surface area contributed by atoms with E-state index >= 15 is 0 Å². The normalized spacial score (nSPS) is 10.9. The van der Waals surface area contributed by atoms with E-state index in [1.165, 1.54) is 12.1 Å². The maximum atomic E-state index is 13.1. The third kappa shape index (κ3) is 1.91. The highest BCUT2D eigenvalue weighted by molar-refractivity contribution is 5.82. The number of carboxylic acid groups (broad SMARTS) is 1. The Morgan fingerprint density at radius 1 is 1.50 bits per heavy atom. The van der Waals surface area contributed by atoms with E-state index in [4.69, 9.17) is 9.52 Å². The molecule has 2 rings (SSSR count). The molecule has 0 amide bonds. The fraction of sp³-hybridized carbons (Fsp3) is 0.250. The van der Waals surface area contributed by atoms with E-state index in [0.717, 1.165) is 5.56 Å². The van der Waals surface area contributed by atoms with Gasteiger partial charge in [0.1, 0.15) is 17.2 Å². The van der Waals surface area contributed by atoms with Crippen LogP contribution in [-0.4, -0.2) is 11.1 Å². The van der Waals surface area contributed by atoms with Crippen molar-refractivity contribution in [3.05, 3.63) is 35.3 Å². The van der Waals surface area contributed by atoms with Crippen LogP contribution in [0.1, 0.15) is 17.7 Å². The van der Waals surface area contributed by atoms with Crippen molar-refractivity contribution in [1.29, 1.82) is 0 Å². The molecule has 0 aliphatic heterocycles. The van der Waals surface area contributed by atoms with E-state index in [2.05, 4.69) is 0 Å². The molecule has 0 saturated carbocycles. The molecule has 1 N–H and O–H groups in total. The number of halogens is 1. The summed E-state index contributed by atoms with van der Waals surface area (Å²) in [6.45, 7) is 1.76. The molecule has 0 aliphatic rings. The van der Waals surface area contributed by atoms with Gasteiger partial charge in [-0.25, -0.2) is 4.39 Å². The molecule has 0 saturated heterocycles. The molecule has 0 spiro atoms. The number of aliphatic carboxylic acids is 1. The van der Waals surface area contributed by atoms with Crippen LogP contribution in [-0.2, 0) is 11.2 Å². The first-order valence-corrected chi connectivity index (χ1v) is 4.97. The van der Waals surface area contributed by atoms with E-state index < -0.39 is 5.97 Å². The molecule has 4 heteroatoms. The summed E-state index contributed by atoms with van der Waals surface area (Å²) in [5.74, 6) is -0.558. The minimum Gasteiger partial charge on any atom is -0.481 e. The standard InChI is InChI=1S/C12H11FO3/c1-7-9(3-5-12(14)15)10-6-8(13)2-4-11(10)16-7/h2,4,6H,3,5H2,1H3,(H,14,15). The molecule has 0 aliphatic carbocycles. The average molecular weight is 222 g/mol. The van der Waals surface area contributed by atoms with E-state index in [9.17, 15) is 9.18 Å². The topological polar surface area (TPSA) is 50.4 Å². The second-order valence-corrected chi connectivity index (χ2v) is 3.67. The zero-order chi connectivity index (χ0) is 11.7. The van der Waals surface area contributed by atoms with Crippen molar-refractivity contribution in [2.75, 3.05) is 0 Å². The number of rotatable bonds is 3. The fourth-order valence-electron chi connectivity index (χ4n) is 1.79. The number of furan rings is 1. The van der Waals surface area contributed by atoms with E-state index in [1.807, 2.05) is 0 Å². The summed E-state index contributed by atoms with van der Waals surface area (Å²) >= 11 is 0. The molecule has 3 nitrogen and oxygen atoms in total. The number of carboxylic acids is 1. The van der Waals surface area contributed by atoms with Crippen molar-refractivity contribution in [1.82, 2.24) is 0 Å². The van der Waals surface area contributed by atoms with Crippen LogP contribution in [0.4, 0.5) is 4.39 Å². The molecule has 2 aromatic rings. The van der Waals surface area contributed by atoms with Crippen LogP contribution in [0, 0.1) is 12.7 Å². The number of hydrogen-bond acceptors (Lipinski definition) is 2. The van der Waals surface area contributed by atoms with Crippen molar-refractivity contribution >= 4 is 16.9 Å². The van der Waals surface area contributed by atoms with Crippen molar-refractivity contribution in [3.8, 4) is 0 Å². The highest BCUT2D eigenvalue weighted by Gasteiger charge is 2.12. The maximum Gasteiger partial charge on any atom is 0.303 e. The highest BCUT2D eigenvalue weighted by Crippen LogP contribution is 2.27. The highest BCUT2D eigenvalue weighted by atomic mass is 19.1. The third-order valence-electron chi connectivity index (χ3n) is 2.54. The SMILES string of the molecule is Cc1oc2ccc(F)cc2c1CCC(=O)O. The van der Waals surface area contributed by atoms with Crippen LogP contribution in [0.25, 0.3) is 11.0 Å². The number of fused-ring (bicyclic) bond motifs is 1. The van der Waals surface area contributed by atoms with Gasteiger partial charge >= 0.3 is 5.97 Å². The van der Waals surface area contributed by atoms with E-state index in [-0.39, 0.29) is 12.2 Å². The summed E-state index contributed by atoms with van der Waals surface area (Å²) in [7, 11) is 0. The van der Waals surface area contributed by atoms with Crippen molar-refractivity contribution in [3.63, 3.8) is 0 Å². The Morgan fingerprint density at radius 2 is 2.25 bits per heavy atom. The predicted molar refractivity (Wildman–Crippen MR) is 56.9 cm³/mol. The number of aryl methyl sites for hydroxylation is 2. The maximum absolute atomic E-state index is 13.1. The molecule has 16 heavy (non-hydrogen) atoms. The second-order valence-electron chi connectivity index (χ2n) is 3.67. The largest absolute Gasteiger partial charge is 0.481 e. The van der Waals surface area contributed by atoms with Crippen LogP contribution >= 0.6 is 0 Å². The molecule has 0 fully saturated rings. The van der Waals surface area contributed by atoms with Crippen LogP contribution in [0.3, 0.4) is 0 Å². The quantitative estimate of drug-likeness (QED) is 0.868. The lowest BCUT2D eigenvalue weighted by Crippen LogP contribution is -1.97. The van der Waals surface area contributed by atoms with Crippen LogP contribution in [0.5, 0.6) is 0 Å². The molecule has 0 radical (unpaired) electrons. The number of benzene rings is 1. The van der Waals surface area contributed by atoms with Crippen molar-refractivity contribution in [2.24, 2.45) is 0 Å². The van der Waals surface area contributed by atoms with Gasteiger partial charge < -0.3 is 9.52 Å². The zero-order valence-electron chi connectivity index (χ0n) is 8.79. The summed E-state index contributed by atoms with van der Waals surface area (Å²) in [4.78, 5) is 10.5. The Labute approximate surface area is 91.5 Å². The van der Waals surface area contributed by atoms with E-state index in [0.29, 0.717) is 23.2 Å². The minimum absolute atomic E-state index is 0.0198. The summed E-state index contributed by atoms with van der Waals surface area (Å²) in [5, 5.41) is 9.29. The number of hydrogen-bond donors (Lipinski definition) is 1. The molecule has 0 bridgehead atoms. The van der Waals surface area contributed by atoms with E-state index in [1.54, 1.807) is 13.0 Å². The van der Waals surface area contributed by atoms with Crippen molar-refractivity contribution in [2.45, 2.75) is 19.8 Å². The summed E-state index contributed by atoms with van der Waals surface area (Å²) < 4.78 is 18.5. The monoisotopic (exact) mass is 222 g/mol. The zero-order valence-corrected chi connectivity index (χ0v) is 8.79. The Hall–Kier alpha value is -1.84. The lowest BCUT2D eigenvalue weighted by atomic mass is 10.1. The van der Waals surface area contributed by atoms with Gasteiger partial charge in [-0.3, -0.25) is 4.79 Å². The Balaban J connectivity index is 2.45. The van der Waals surface area contributed by atoms with Crippen LogP contribution in [0.15, 0.2) is 22.6 Å². The molecule has 1 aromatic carbocycles. The Morgan fingerprint density at radius 3 is 2.94 bits per heavy atom. The van der Waals surface area contributed by atoms with Crippen molar-refractivity contribution < 1.29 is 18.7 Å². The smallest absolute Gasteiger partial charge is 0.303 e. The van der Waals surface area contributed by atoms with Gasteiger partial charge in [0.05, 0.1) is 0 Å². The molecule has 1 heterocycles. The second kappa shape index (κ2) is 3.96. The molecule has 84 valence electrons. The Bertz CT molecular complexity index is 542. The molecule has 0 atom stereocenters.